The number of likely N-dealkylation sites (N-methyl/N-ethyl adjacent to an activating group) is 1. The average Bonchev–Trinajstić information content (AvgIpc) is 2.36. The Morgan fingerprint density at radius 2 is 2.00 bits per heavy atom. The zero-order valence-corrected chi connectivity index (χ0v) is 12.0. The van der Waals surface area contributed by atoms with Crippen molar-refractivity contribution in [1.82, 2.24) is 5.32 Å². The number of hydrogen-bond acceptors (Lipinski definition) is 3. The fourth-order valence-corrected chi connectivity index (χ4v) is 2.44. The average molecular weight is 267 g/mol. The zero-order chi connectivity index (χ0) is 13.6. The maximum absolute atomic E-state index is 11.1. The smallest absolute Gasteiger partial charge is 0.323 e. The highest BCUT2D eigenvalue weighted by molar-refractivity contribution is 7.99. The molecule has 1 aromatic rings. The highest BCUT2D eigenvalue weighted by atomic mass is 32.2. The second kappa shape index (κ2) is 6.81. The Kier molecular flexibility index (Phi) is 5.69. The van der Waals surface area contributed by atoms with Gasteiger partial charge in [-0.15, -0.1) is 11.8 Å². The van der Waals surface area contributed by atoms with Crippen LogP contribution in [0, 0.1) is 6.92 Å². The molecule has 0 radical (unpaired) electrons. The van der Waals surface area contributed by atoms with E-state index < -0.39 is 11.5 Å². The highest BCUT2D eigenvalue weighted by Crippen LogP contribution is 2.21. The molecule has 0 fully saturated rings. The summed E-state index contributed by atoms with van der Waals surface area (Å²) in [5.74, 6) is 0.151. The normalized spacial score (nSPS) is 14.2. The first-order chi connectivity index (χ1) is 8.48. The molecule has 0 aromatic heterocycles. The third-order valence-electron chi connectivity index (χ3n) is 3.13. The van der Waals surface area contributed by atoms with Gasteiger partial charge in [-0.25, -0.2) is 0 Å². The summed E-state index contributed by atoms with van der Waals surface area (Å²) in [7, 11) is 1.70. The summed E-state index contributed by atoms with van der Waals surface area (Å²) in [6.45, 7) is 3.80. The Labute approximate surface area is 113 Å². The molecule has 0 aliphatic rings. The van der Waals surface area contributed by atoms with Crippen molar-refractivity contribution >= 4 is 17.7 Å². The lowest BCUT2D eigenvalue weighted by Gasteiger charge is -2.23. The third kappa shape index (κ3) is 4.35. The Morgan fingerprint density at radius 1 is 1.39 bits per heavy atom. The minimum atomic E-state index is -0.812. The number of hydrogen-bond donors (Lipinski definition) is 2. The van der Waals surface area contributed by atoms with Gasteiger partial charge in [-0.2, -0.15) is 0 Å². The number of aryl methyl sites for hydroxylation is 1. The number of benzene rings is 1. The first-order valence-corrected chi connectivity index (χ1v) is 7.08. The molecule has 1 atom stereocenters. The van der Waals surface area contributed by atoms with Gasteiger partial charge >= 0.3 is 5.97 Å². The first-order valence-electron chi connectivity index (χ1n) is 6.10. The topological polar surface area (TPSA) is 49.3 Å². The van der Waals surface area contributed by atoms with E-state index in [-0.39, 0.29) is 0 Å². The third-order valence-corrected chi connectivity index (χ3v) is 4.23. The molecule has 18 heavy (non-hydrogen) atoms. The first kappa shape index (κ1) is 15.1. The number of carbonyl (C=O) groups is 1. The van der Waals surface area contributed by atoms with E-state index in [2.05, 4.69) is 36.5 Å². The molecule has 2 N–H and O–H groups in total. The fraction of sp³-hybridized carbons (Fsp3) is 0.500. The monoisotopic (exact) mass is 267 g/mol. The molecule has 100 valence electrons. The molecular weight excluding hydrogens is 246 g/mol. The quantitative estimate of drug-likeness (QED) is 0.589. The van der Waals surface area contributed by atoms with E-state index in [0.29, 0.717) is 6.42 Å². The second-order valence-electron chi connectivity index (χ2n) is 4.65. The number of thioether (sulfide) groups is 1. The SMILES string of the molecule is CNC(C)(CCCSc1ccc(C)cc1)C(=O)O. The number of carboxylic acid groups (broad SMARTS) is 1. The van der Waals surface area contributed by atoms with Gasteiger partial charge in [-0.05, 0) is 51.6 Å². The van der Waals surface area contributed by atoms with Gasteiger partial charge in [0, 0.05) is 4.90 Å². The van der Waals surface area contributed by atoms with Crippen LogP contribution in [-0.2, 0) is 4.79 Å². The summed E-state index contributed by atoms with van der Waals surface area (Å²) >= 11 is 1.77. The van der Waals surface area contributed by atoms with Crippen molar-refractivity contribution in [2.45, 2.75) is 37.1 Å². The summed E-state index contributed by atoms with van der Waals surface area (Å²) in [5.41, 5.74) is 0.446. The molecule has 0 aliphatic carbocycles. The van der Waals surface area contributed by atoms with Crippen LogP contribution in [0.1, 0.15) is 25.3 Å². The van der Waals surface area contributed by atoms with Gasteiger partial charge in [0.1, 0.15) is 5.54 Å². The summed E-state index contributed by atoms with van der Waals surface area (Å²) in [4.78, 5) is 12.3. The van der Waals surface area contributed by atoms with Gasteiger partial charge in [0.05, 0.1) is 0 Å². The highest BCUT2D eigenvalue weighted by Gasteiger charge is 2.30. The van der Waals surface area contributed by atoms with Crippen LogP contribution in [0.5, 0.6) is 0 Å². The van der Waals surface area contributed by atoms with Crippen molar-refractivity contribution < 1.29 is 9.90 Å². The van der Waals surface area contributed by atoms with Crippen molar-refractivity contribution in [2.75, 3.05) is 12.8 Å². The second-order valence-corrected chi connectivity index (χ2v) is 5.82. The van der Waals surface area contributed by atoms with Crippen LogP contribution in [-0.4, -0.2) is 29.4 Å². The molecule has 0 amide bonds. The lowest BCUT2D eigenvalue weighted by Crippen LogP contribution is -2.47. The molecule has 3 nitrogen and oxygen atoms in total. The summed E-state index contributed by atoms with van der Waals surface area (Å²) in [6.07, 6.45) is 1.51. The van der Waals surface area contributed by atoms with Crippen LogP contribution in [0.4, 0.5) is 0 Å². The van der Waals surface area contributed by atoms with E-state index in [0.717, 1.165) is 12.2 Å². The molecule has 1 rings (SSSR count). The largest absolute Gasteiger partial charge is 0.480 e. The molecule has 4 heteroatoms. The minimum absolute atomic E-state index is 0.637. The Bertz CT molecular complexity index is 391. The van der Waals surface area contributed by atoms with Crippen LogP contribution in [0.2, 0.25) is 0 Å². The number of nitrogens with one attached hydrogen (secondary N) is 1. The lowest BCUT2D eigenvalue weighted by molar-refractivity contribution is -0.144. The van der Waals surface area contributed by atoms with E-state index in [9.17, 15) is 4.79 Å². The molecule has 0 heterocycles. The molecule has 0 bridgehead atoms. The maximum Gasteiger partial charge on any atom is 0.323 e. The summed E-state index contributed by atoms with van der Waals surface area (Å²) in [6, 6.07) is 8.40. The van der Waals surface area contributed by atoms with E-state index >= 15 is 0 Å². The number of aliphatic carboxylic acids is 1. The van der Waals surface area contributed by atoms with Crippen molar-refractivity contribution in [3.8, 4) is 0 Å². The van der Waals surface area contributed by atoms with Gasteiger partial charge in [0.2, 0.25) is 0 Å². The summed E-state index contributed by atoms with van der Waals surface area (Å²) in [5, 5.41) is 12.0. The standard InChI is InChI=1S/C14H21NO2S/c1-11-5-7-12(8-6-11)18-10-4-9-14(2,15-3)13(16)17/h5-8,15H,4,9-10H2,1-3H3,(H,16,17). The van der Waals surface area contributed by atoms with Crippen molar-refractivity contribution in [1.29, 1.82) is 0 Å². The Hall–Kier alpha value is -1.00. The van der Waals surface area contributed by atoms with Crippen molar-refractivity contribution in [3.63, 3.8) is 0 Å². The zero-order valence-electron chi connectivity index (χ0n) is 11.2. The van der Waals surface area contributed by atoms with Crippen LogP contribution in [0.25, 0.3) is 0 Å². The Balaban J connectivity index is 2.34. The summed E-state index contributed by atoms with van der Waals surface area (Å²) < 4.78 is 0. The number of carboxylic acids is 1. The molecule has 0 saturated heterocycles. The van der Waals surface area contributed by atoms with Gasteiger partial charge in [-0.1, -0.05) is 17.7 Å². The minimum Gasteiger partial charge on any atom is -0.480 e. The van der Waals surface area contributed by atoms with Crippen LogP contribution >= 0.6 is 11.8 Å². The van der Waals surface area contributed by atoms with Crippen LogP contribution in [0.3, 0.4) is 0 Å². The molecule has 1 aromatic carbocycles. The van der Waals surface area contributed by atoms with Gasteiger partial charge in [0.15, 0.2) is 0 Å². The van der Waals surface area contributed by atoms with E-state index in [1.54, 1.807) is 25.7 Å². The van der Waals surface area contributed by atoms with Crippen LogP contribution in [0.15, 0.2) is 29.2 Å². The molecule has 0 spiro atoms. The Morgan fingerprint density at radius 3 is 2.50 bits per heavy atom. The lowest BCUT2D eigenvalue weighted by atomic mass is 9.97. The molecule has 0 saturated carbocycles. The predicted octanol–water partition coefficient (Wildman–Crippen LogP) is 2.93. The van der Waals surface area contributed by atoms with Crippen LogP contribution < -0.4 is 5.32 Å². The van der Waals surface area contributed by atoms with Gasteiger partial charge < -0.3 is 10.4 Å². The van der Waals surface area contributed by atoms with Gasteiger partial charge in [0.25, 0.3) is 0 Å². The molecule has 1 unspecified atom stereocenters. The van der Waals surface area contributed by atoms with E-state index in [4.69, 9.17) is 5.11 Å². The number of rotatable bonds is 7. The van der Waals surface area contributed by atoms with Crippen molar-refractivity contribution in [2.24, 2.45) is 0 Å². The van der Waals surface area contributed by atoms with E-state index in [1.807, 2.05) is 0 Å². The van der Waals surface area contributed by atoms with Gasteiger partial charge in [-0.3, -0.25) is 4.79 Å². The fourth-order valence-electron chi connectivity index (χ4n) is 1.59. The van der Waals surface area contributed by atoms with Crippen molar-refractivity contribution in [3.05, 3.63) is 29.8 Å². The predicted molar refractivity (Wildman–Crippen MR) is 76.2 cm³/mol. The maximum atomic E-state index is 11.1. The molecular formula is C14H21NO2S. The van der Waals surface area contributed by atoms with E-state index in [1.165, 1.54) is 10.5 Å². The molecule has 0 aliphatic heterocycles.